The smallest absolute Gasteiger partial charge is 0.250 e. The Morgan fingerprint density at radius 1 is 1.48 bits per heavy atom. The van der Waals surface area contributed by atoms with Crippen LogP contribution in [0.1, 0.15) is 12.6 Å². The highest BCUT2D eigenvalue weighted by Crippen LogP contribution is 2.33. The summed E-state index contributed by atoms with van der Waals surface area (Å²) >= 11 is 0. The Kier molecular flexibility index (Phi) is 3.98. The number of hydrogen-bond donors (Lipinski definition) is 4. The number of nitrogens with zero attached hydrogens (tertiary/aromatic N) is 4. The summed E-state index contributed by atoms with van der Waals surface area (Å²) in [5.74, 6) is 0.284. The maximum absolute atomic E-state index is 9.99. The van der Waals surface area contributed by atoms with Crippen molar-refractivity contribution in [1.82, 2.24) is 19.5 Å². The van der Waals surface area contributed by atoms with Crippen LogP contribution in [0.3, 0.4) is 0 Å². The monoisotopic (exact) mass is 314 g/mol. The molecule has 1 fully saturated rings. The van der Waals surface area contributed by atoms with Crippen LogP contribution in [0.2, 0.25) is 0 Å². The van der Waals surface area contributed by atoms with Gasteiger partial charge in [0.25, 0.3) is 0 Å². The second-order valence-corrected chi connectivity index (χ2v) is 5.48. The molecule has 3 heterocycles. The summed E-state index contributed by atoms with van der Waals surface area (Å²) in [7, 11) is -1.97. The van der Waals surface area contributed by atoms with Gasteiger partial charge < -0.3 is 25.0 Å². The van der Waals surface area contributed by atoms with E-state index in [1.54, 1.807) is 4.57 Å². The number of nitrogen functional groups attached to an aromatic ring is 1. The van der Waals surface area contributed by atoms with Gasteiger partial charge in [-0.2, -0.15) is 0 Å². The molecule has 0 aliphatic carbocycles. The summed E-state index contributed by atoms with van der Waals surface area (Å²) in [6.07, 6.45) is 1.47. The minimum Gasteiger partial charge on any atom is -0.390 e. The Morgan fingerprint density at radius 3 is 3.05 bits per heavy atom. The third-order valence-corrected chi connectivity index (χ3v) is 3.69. The Labute approximate surface area is 120 Å². The average molecular weight is 314 g/mol. The Bertz CT molecular complexity index is 637. The van der Waals surface area contributed by atoms with Crippen molar-refractivity contribution in [2.75, 3.05) is 12.3 Å². The largest absolute Gasteiger partial charge is 0.390 e. The van der Waals surface area contributed by atoms with Crippen LogP contribution in [0.5, 0.6) is 0 Å². The first-order valence-corrected chi connectivity index (χ1v) is 7.47. The van der Waals surface area contributed by atoms with E-state index in [0.717, 1.165) is 0 Å². The lowest BCUT2D eigenvalue weighted by Gasteiger charge is -2.16. The van der Waals surface area contributed by atoms with Gasteiger partial charge >= 0.3 is 0 Å². The third-order valence-electron chi connectivity index (χ3n) is 3.27. The van der Waals surface area contributed by atoms with E-state index in [1.807, 2.05) is 0 Å². The predicted octanol–water partition coefficient (Wildman–Crippen LogP) is -0.749. The molecule has 4 atom stereocenters. The average Bonchev–Trinajstić information content (AvgIpc) is 3.01. The van der Waals surface area contributed by atoms with Crippen molar-refractivity contribution in [2.45, 2.75) is 24.9 Å². The molecule has 1 aliphatic heterocycles. The molecule has 1 unspecified atom stereocenters. The van der Waals surface area contributed by atoms with Gasteiger partial charge in [-0.25, -0.2) is 15.0 Å². The Hall–Kier alpha value is -1.42. The normalized spacial score (nSPS) is 27.3. The summed E-state index contributed by atoms with van der Waals surface area (Å²) < 4.78 is 12.3. The van der Waals surface area contributed by atoms with Crippen LogP contribution < -0.4 is 11.2 Å². The highest BCUT2D eigenvalue weighted by Gasteiger charge is 2.36. The van der Waals surface area contributed by atoms with Gasteiger partial charge in [0.15, 0.2) is 11.5 Å². The van der Waals surface area contributed by atoms with E-state index in [2.05, 4.69) is 15.0 Å². The molecule has 1 saturated heterocycles. The van der Waals surface area contributed by atoms with Crippen LogP contribution in [0.25, 0.3) is 11.2 Å². The predicted molar refractivity (Wildman–Crippen MR) is 73.5 cm³/mol. The van der Waals surface area contributed by atoms with E-state index in [1.165, 1.54) is 12.7 Å². The minimum atomic E-state index is -1.97. The van der Waals surface area contributed by atoms with E-state index >= 15 is 0 Å². The molecule has 0 saturated carbocycles. The number of aliphatic hydroxyl groups excluding tert-OH is 1. The van der Waals surface area contributed by atoms with Crippen molar-refractivity contribution in [2.24, 2.45) is 5.50 Å². The van der Waals surface area contributed by atoms with Crippen LogP contribution in [-0.4, -0.2) is 48.3 Å². The molecule has 114 valence electrons. The molecule has 0 amide bonds. The van der Waals surface area contributed by atoms with Gasteiger partial charge in [0, 0.05) is 6.42 Å². The van der Waals surface area contributed by atoms with Crippen molar-refractivity contribution in [1.29, 1.82) is 0 Å². The molecule has 2 aromatic heterocycles. The standard InChI is InChI=1S/C10H15N6O4P/c11-9-8-10(14-3-13-9)16(4-15-8)7-1-5(17)6(20-7)2-19-21(12)18/h3-7,17-18H,1-2,12H2,(H2,11,13,14)/t5-,6+,7+,21?/m0/s1. The molecule has 0 spiro atoms. The summed E-state index contributed by atoms with van der Waals surface area (Å²) in [4.78, 5) is 21.1. The molecule has 1 aliphatic rings. The first-order chi connectivity index (χ1) is 10.1. The van der Waals surface area contributed by atoms with Gasteiger partial charge in [-0.05, 0) is 0 Å². The molecule has 10 nitrogen and oxygen atoms in total. The van der Waals surface area contributed by atoms with Gasteiger partial charge in [-0.15, -0.1) is 0 Å². The van der Waals surface area contributed by atoms with E-state index in [-0.39, 0.29) is 12.4 Å². The van der Waals surface area contributed by atoms with Crippen molar-refractivity contribution in [3.8, 4) is 0 Å². The summed E-state index contributed by atoms with van der Waals surface area (Å²) in [6, 6.07) is 0. The second-order valence-electron chi connectivity index (χ2n) is 4.61. The molecule has 6 N–H and O–H groups in total. The summed E-state index contributed by atoms with van der Waals surface area (Å²) in [5.41, 5.74) is 11.9. The fourth-order valence-electron chi connectivity index (χ4n) is 2.27. The fourth-order valence-corrected chi connectivity index (χ4v) is 2.57. The van der Waals surface area contributed by atoms with Gasteiger partial charge in [0.1, 0.15) is 24.2 Å². The van der Waals surface area contributed by atoms with Crippen LogP contribution in [0, 0.1) is 0 Å². The number of hydrogen-bond acceptors (Lipinski definition) is 9. The van der Waals surface area contributed by atoms with E-state index in [4.69, 9.17) is 25.4 Å². The van der Waals surface area contributed by atoms with Crippen molar-refractivity contribution >= 4 is 25.5 Å². The van der Waals surface area contributed by atoms with E-state index < -0.39 is 27.0 Å². The fraction of sp³-hybridized carbons (Fsp3) is 0.500. The molecular formula is C10H15N6O4P. The molecule has 2 aromatic rings. The zero-order valence-corrected chi connectivity index (χ0v) is 11.8. The number of rotatable bonds is 4. The lowest BCUT2D eigenvalue weighted by Crippen LogP contribution is -2.26. The topological polar surface area (TPSA) is 155 Å². The molecule has 11 heteroatoms. The molecule has 3 rings (SSSR count). The zero-order valence-electron chi connectivity index (χ0n) is 10.9. The van der Waals surface area contributed by atoms with Gasteiger partial charge in [0.2, 0.25) is 8.53 Å². The summed E-state index contributed by atoms with van der Waals surface area (Å²) in [6.45, 7) is 0.0140. The van der Waals surface area contributed by atoms with Crippen LogP contribution >= 0.6 is 8.53 Å². The van der Waals surface area contributed by atoms with Gasteiger partial charge in [-0.1, -0.05) is 0 Å². The molecular weight excluding hydrogens is 299 g/mol. The lowest BCUT2D eigenvalue weighted by molar-refractivity contribution is -0.0378. The van der Waals surface area contributed by atoms with Crippen LogP contribution in [0.4, 0.5) is 5.82 Å². The molecule has 0 radical (unpaired) electrons. The third kappa shape index (κ3) is 2.82. The quantitative estimate of drug-likeness (QED) is 0.533. The maximum atomic E-state index is 9.99. The first kappa shape index (κ1) is 14.5. The Balaban J connectivity index is 1.79. The summed E-state index contributed by atoms with van der Waals surface area (Å²) in [5, 5.41) is 9.99. The molecule has 21 heavy (non-hydrogen) atoms. The van der Waals surface area contributed by atoms with Gasteiger partial charge in [-0.3, -0.25) is 10.1 Å². The number of nitrogens with two attached hydrogens (primary N) is 2. The van der Waals surface area contributed by atoms with E-state index in [9.17, 15) is 5.11 Å². The van der Waals surface area contributed by atoms with E-state index in [0.29, 0.717) is 17.6 Å². The van der Waals surface area contributed by atoms with Crippen LogP contribution in [-0.2, 0) is 9.26 Å². The molecule has 0 aromatic carbocycles. The van der Waals surface area contributed by atoms with Crippen molar-refractivity contribution < 1.29 is 19.3 Å². The number of anilines is 1. The maximum Gasteiger partial charge on any atom is 0.250 e. The minimum absolute atomic E-state index is 0.0140. The Morgan fingerprint density at radius 2 is 2.29 bits per heavy atom. The number of imidazole rings is 1. The number of fused-ring (bicyclic) bond motifs is 1. The van der Waals surface area contributed by atoms with Crippen molar-refractivity contribution in [3.05, 3.63) is 12.7 Å². The zero-order chi connectivity index (χ0) is 15.0. The number of aromatic nitrogens is 4. The van der Waals surface area contributed by atoms with Gasteiger partial charge in [0.05, 0.1) is 19.0 Å². The van der Waals surface area contributed by atoms with Crippen molar-refractivity contribution in [3.63, 3.8) is 0 Å². The highest BCUT2D eigenvalue weighted by molar-refractivity contribution is 7.43. The number of ether oxygens (including phenoxy) is 1. The second kappa shape index (κ2) is 5.76. The SMILES string of the molecule is Nc1ncnc2c1ncn2[C@H]1C[C@H](O)[C@@H](COP(N)O)O1. The molecule has 0 bridgehead atoms. The first-order valence-electron chi connectivity index (χ1n) is 6.19. The van der Waals surface area contributed by atoms with Crippen LogP contribution in [0.15, 0.2) is 12.7 Å². The highest BCUT2D eigenvalue weighted by atomic mass is 31.2. The lowest BCUT2D eigenvalue weighted by atomic mass is 10.2. The number of aliphatic hydroxyl groups is 1.